The molecule has 1 aliphatic heterocycles. The van der Waals surface area contributed by atoms with Gasteiger partial charge < -0.3 is 15.8 Å². The van der Waals surface area contributed by atoms with E-state index in [-0.39, 0.29) is 12.3 Å². The summed E-state index contributed by atoms with van der Waals surface area (Å²) in [5, 5.41) is 3.41. The van der Waals surface area contributed by atoms with E-state index in [9.17, 15) is 4.79 Å². The van der Waals surface area contributed by atoms with E-state index < -0.39 is 5.54 Å². The zero-order chi connectivity index (χ0) is 12.5. The minimum atomic E-state index is -0.501. The fourth-order valence-electron chi connectivity index (χ4n) is 1.66. The summed E-state index contributed by atoms with van der Waals surface area (Å²) in [6.45, 7) is 2.79. The summed E-state index contributed by atoms with van der Waals surface area (Å²) in [4.78, 5) is 11.7. The molecule has 5 heteroatoms. The Bertz CT molecular complexity index is 444. The number of aryl methyl sites for hydroxylation is 1. The number of carbonyl (C=O) groups excluding carboxylic acids is 1. The summed E-state index contributed by atoms with van der Waals surface area (Å²) >= 11 is 5.97. The van der Waals surface area contributed by atoms with Crippen LogP contribution in [0.2, 0.25) is 5.02 Å². The van der Waals surface area contributed by atoms with E-state index in [1.165, 1.54) is 0 Å². The maximum Gasteiger partial charge on any atom is 0.226 e. The monoisotopic (exact) mass is 254 g/mol. The topological polar surface area (TPSA) is 64.4 Å². The molecule has 0 spiro atoms. The Balaban J connectivity index is 1.95. The van der Waals surface area contributed by atoms with Crippen molar-refractivity contribution in [3.8, 4) is 0 Å². The lowest BCUT2D eigenvalue weighted by Crippen LogP contribution is -2.58. The molecule has 2 rings (SSSR count). The first-order valence-corrected chi connectivity index (χ1v) is 5.79. The van der Waals surface area contributed by atoms with Gasteiger partial charge in [-0.3, -0.25) is 4.79 Å². The van der Waals surface area contributed by atoms with Gasteiger partial charge in [0, 0.05) is 17.1 Å². The Labute approximate surface area is 105 Å². The van der Waals surface area contributed by atoms with E-state index in [2.05, 4.69) is 5.32 Å². The van der Waals surface area contributed by atoms with Crippen molar-refractivity contribution in [2.45, 2.75) is 18.9 Å². The van der Waals surface area contributed by atoms with Crippen molar-refractivity contribution in [3.63, 3.8) is 0 Å². The summed E-state index contributed by atoms with van der Waals surface area (Å²) in [5.74, 6) is -0.115. The second-order valence-corrected chi connectivity index (χ2v) is 4.95. The Kier molecular flexibility index (Phi) is 3.38. The molecule has 0 radical (unpaired) electrons. The predicted molar refractivity (Wildman–Crippen MR) is 67.2 cm³/mol. The zero-order valence-electron chi connectivity index (χ0n) is 9.63. The summed E-state index contributed by atoms with van der Waals surface area (Å²) in [6, 6.07) is 5.41. The number of hydrogen-bond acceptors (Lipinski definition) is 3. The van der Waals surface area contributed by atoms with E-state index in [1.807, 2.05) is 19.1 Å². The van der Waals surface area contributed by atoms with Gasteiger partial charge in [-0.25, -0.2) is 0 Å². The Hall–Kier alpha value is -1.10. The van der Waals surface area contributed by atoms with Gasteiger partial charge in [0.1, 0.15) is 0 Å². The number of halogens is 1. The average molecular weight is 255 g/mol. The van der Waals surface area contributed by atoms with Gasteiger partial charge in [0.15, 0.2) is 0 Å². The minimum Gasteiger partial charge on any atom is -0.377 e. The molecule has 0 bridgehead atoms. The second kappa shape index (κ2) is 4.64. The fraction of sp³-hybridized carbons (Fsp3) is 0.417. The number of anilines is 1. The molecular weight excluding hydrogens is 240 g/mol. The molecule has 92 valence electrons. The molecule has 4 nitrogen and oxygen atoms in total. The zero-order valence-corrected chi connectivity index (χ0v) is 10.4. The number of benzene rings is 1. The van der Waals surface area contributed by atoms with Crippen LogP contribution >= 0.6 is 11.6 Å². The number of ether oxygens (including phenoxy) is 1. The highest BCUT2D eigenvalue weighted by Crippen LogP contribution is 2.22. The van der Waals surface area contributed by atoms with Crippen LogP contribution in [0.3, 0.4) is 0 Å². The number of hydrogen-bond donors (Lipinski definition) is 2. The van der Waals surface area contributed by atoms with Crippen LogP contribution in [0.5, 0.6) is 0 Å². The van der Waals surface area contributed by atoms with Crippen molar-refractivity contribution in [1.82, 2.24) is 0 Å². The highest BCUT2D eigenvalue weighted by molar-refractivity contribution is 6.31. The van der Waals surface area contributed by atoms with Gasteiger partial charge in [-0.1, -0.05) is 17.7 Å². The number of rotatable bonds is 3. The van der Waals surface area contributed by atoms with Crippen LogP contribution in [0.4, 0.5) is 5.69 Å². The molecule has 0 aromatic heterocycles. The van der Waals surface area contributed by atoms with Gasteiger partial charge in [0.25, 0.3) is 0 Å². The largest absolute Gasteiger partial charge is 0.377 e. The number of nitrogens with two attached hydrogens (primary N) is 1. The smallest absolute Gasteiger partial charge is 0.226 e. The van der Waals surface area contributed by atoms with Crippen LogP contribution < -0.4 is 11.1 Å². The van der Waals surface area contributed by atoms with Crippen molar-refractivity contribution in [1.29, 1.82) is 0 Å². The van der Waals surface area contributed by atoms with Gasteiger partial charge in [-0.2, -0.15) is 0 Å². The first-order valence-electron chi connectivity index (χ1n) is 5.41. The summed E-state index contributed by atoms with van der Waals surface area (Å²) in [7, 11) is 0. The van der Waals surface area contributed by atoms with Gasteiger partial charge in [-0.15, -0.1) is 0 Å². The van der Waals surface area contributed by atoms with Crippen LogP contribution in [-0.2, 0) is 9.53 Å². The molecule has 1 saturated heterocycles. The van der Waals surface area contributed by atoms with Crippen molar-refractivity contribution < 1.29 is 9.53 Å². The Morgan fingerprint density at radius 2 is 2.29 bits per heavy atom. The molecule has 0 aliphatic carbocycles. The Morgan fingerprint density at radius 1 is 1.59 bits per heavy atom. The SMILES string of the molecule is Cc1ccc(NC(=O)CC2(N)COC2)cc1Cl. The van der Waals surface area contributed by atoms with E-state index in [1.54, 1.807) is 6.07 Å². The summed E-state index contributed by atoms with van der Waals surface area (Å²) in [5.41, 5.74) is 7.07. The first-order chi connectivity index (χ1) is 7.98. The predicted octanol–water partition coefficient (Wildman–Crippen LogP) is 1.70. The normalized spacial score (nSPS) is 17.4. The second-order valence-electron chi connectivity index (χ2n) is 4.54. The van der Waals surface area contributed by atoms with Crippen LogP contribution in [0.1, 0.15) is 12.0 Å². The molecule has 1 aromatic rings. The van der Waals surface area contributed by atoms with Gasteiger partial charge in [0.05, 0.1) is 18.8 Å². The lowest BCUT2D eigenvalue weighted by atomic mass is 9.94. The molecule has 1 fully saturated rings. The van der Waals surface area contributed by atoms with Crippen LogP contribution in [0.15, 0.2) is 18.2 Å². The number of carbonyl (C=O) groups is 1. The van der Waals surface area contributed by atoms with E-state index in [4.69, 9.17) is 22.1 Å². The maximum absolute atomic E-state index is 11.7. The first kappa shape index (κ1) is 12.4. The lowest BCUT2D eigenvalue weighted by molar-refractivity contribution is -0.123. The highest BCUT2D eigenvalue weighted by atomic mass is 35.5. The summed E-state index contributed by atoms with van der Waals surface area (Å²) < 4.78 is 5.00. The van der Waals surface area contributed by atoms with Crippen molar-refractivity contribution in [3.05, 3.63) is 28.8 Å². The Morgan fingerprint density at radius 3 is 2.82 bits per heavy atom. The van der Waals surface area contributed by atoms with Gasteiger partial charge >= 0.3 is 0 Å². The standard InChI is InChI=1S/C12H15ClN2O2/c1-8-2-3-9(4-10(8)13)15-11(16)5-12(14)6-17-7-12/h2-4H,5-7,14H2,1H3,(H,15,16). The maximum atomic E-state index is 11.7. The molecule has 0 unspecified atom stereocenters. The highest BCUT2D eigenvalue weighted by Gasteiger charge is 2.36. The molecule has 0 saturated carbocycles. The third-order valence-electron chi connectivity index (χ3n) is 2.75. The molecule has 17 heavy (non-hydrogen) atoms. The van der Waals surface area contributed by atoms with Crippen LogP contribution in [0, 0.1) is 6.92 Å². The van der Waals surface area contributed by atoms with Crippen LogP contribution in [0.25, 0.3) is 0 Å². The van der Waals surface area contributed by atoms with Crippen molar-refractivity contribution in [2.24, 2.45) is 5.73 Å². The van der Waals surface area contributed by atoms with Crippen LogP contribution in [-0.4, -0.2) is 24.7 Å². The molecule has 0 atom stereocenters. The van der Waals surface area contributed by atoms with Crippen molar-refractivity contribution in [2.75, 3.05) is 18.5 Å². The van der Waals surface area contributed by atoms with E-state index in [0.29, 0.717) is 23.9 Å². The fourth-order valence-corrected chi connectivity index (χ4v) is 1.84. The van der Waals surface area contributed by atoms with Crippen molar-refractivity contribution >= 4 is 23.2 Å². The molecular formula is C12H15ClN2O2. The summed E-state index contributed by atoms with van der Waals surface area (Å²) in [6.07, 6.45) is 0.262. The van der Waals surface area contributed by atoms with E-state index >= 15 is 0 Å². The quantitative estimate of drug-likeness (QED) is 0.863. The number of nitrogens with one attached hydrogen (secondary N) is 1. The van der Waals surface area contributed by atoms with Gasteiger partial charge in [-0.05, 0) is 24.6 Å². The third kappa shape index (κ3) is 2.97. The lowest BCUT2D eigenvalue weighted by Gasteiger charge is -2.37. The molecule has 1 aromatic carbocycles. The molecule has 1 amide bonds. The molecule has 1 aliphatic rings. The molecule has 1 heterocycles. The third-order valence-corrected chi connectivity index (χ3v) is 3.15. The number of amides is 1. The average Bonchev–Trinajstić information content (AvgIpc) is 2.21. The van der Waals surface area contributed by atoms with E-state index in [0.717, 1.165) is 5.56 Å². The van der Waals surface area contributed by atoms with Gasteiger partial charge in [0.2, 0.25) is 5.91 Å². The minimum absolute atomic E-state index is 0.115. The molecule has 3 N–H and O–H groups in total.